The Morgan fingerprint density at radius 1 is 1.27 bits per heavy atom. The van der Waals surface area contributed by atoms with E-state index < -0.39 is 0 Å². The highest BCUT2D eigenvalue weighted by molar-refractivity contribution is 5.79. The molecule has 0 amide bonds. The minimum atomic E-state index is 0.417. The van der Waals surface area contributed by atoms with Gasteiger partial charge in [0.15, 0.2) is 0 Å². The molecule has 2 aromatic rings. The van der Waals surface area contributed by atoms with E-state index in [4.69, 9.17) is 4.74 Å². The standard InChI is InChI=1S/C13H15NO/c1-2-6-13-11(4-1)7-8-14(13)10-12-5-3-9-15-12/h1-2,4,6-8,12H,3,5,9-10H2/t12-/m0/s1. The first-order valence-corrected chi connectivity index (χ1v) is 5.59. The van der Waals surface area contributed by atoms with Crippen molar-refractivity contribution >= 4 is 10.9 Å². The topological polar surface area (TPSA) is 14.2 Å². The second-order valence-corrected chi connectivity index (χ2v) is 4.16. The van der Waals surface area contributed by atoms with Crippen molar-refractivity contribution in [3.8, 4) is 0 Å². The Labute approximate surface area is 89.5 Å². The van der Waals surface area contributed by atoms with Crippen molar-refractivity contribution in [2.24, 2.45) is 0 Å². The zero-order chi connectivity index (χ0) is 10.1. The minimum absolute atomic E-state index is 0.417. The molecule has 3 rings (SSSR count). The van der Waals surface area contributed by atoms with Crippen LogP contribution in [0.3, 0.4) is 0 Å². The number of hydrogen-bond donors (Lipinski definition) is 0. The van der Waals surface area contributed by atoms with Gasteiger partial charge in [-0.1, -0.05) is 18.2 Å². The van der Waals surface area contributed by atoms with Gasteiger partial charge in [0, 0.05) is 24.9 Å². The smallest absolute Gasteiger partial charge is 0.0754 e. The number of hydrogen-bond acceptors (Lipinski definition) is 1. The summed E-state index contributed by atoms with van der Waals surface area (Å²) in [7, 11) is 0. The Kier molecular flexibility index (Phi) is 2.22. The van der Waals surface area contributed by atoms with Gasteiger partial charge >= 0.3 is 0 Å². The molecule has 1 fully saturated rings. The molecule has 0 bridgehead atoms. The number of para-hydroxylation sites is 1. The molecular formula is C13H15NO. The summed E-state index contributed by atoms with van der Waals surface area (Å²) in [5.41, 5.74) is 1.31. The molecule has 0 unspecified atom stereocenters. The summed E-state index contributed by atoms with van der Waals surface area (Å²) in [6, 6.07) is 10.7. The molecule has 15 heavy (non-hydrogen) atoms. The van der Waals surface area contributed by atoms with Gasteiger partial charge in [-0.05, 0) is 30.4 Å². The fourth-order valence-corrected chi connectivity index (χ4v) is 2.31. The molecule has 0 aliphatic carbocycles. The summed E-state index contributed by atoms with van der Waals surface area (Å²) in [6.45, 7) is 1.93. The molecule has 0 saturated carbocycles. The lowest BCUT2D eigenvalue weighted by Crippen LogP contribution is -2.13. The molecule has 0 radical (unpaired) electrons. The predicted molar refractivity (Wildman–Crippen MR) is 60.9 cm³/mol. The van der Waals surface area contributed by atoms with Crippen LogP contribution in [0.25, 0.3) is 10.9 Å². The summed E-state index contributed by atoms with van der Waals surface area (Å²) >= 11 is 0. The second kappa shape index (κ2) is 3.70. The van der Waals surface area contributed by atoms with Crippen molar-refractivity contribution in [3.63, 3.8) is 0 Å². The summed E-state index contributed by atoms with van der Waals surface area (Å²) in [5, 5.41) is 1.32. The van der Waals surface area contributed by atoms with Crippen LogP contribution in [0.1, 0.15) is 12.8 Å². The van der Waals surface area contributed by atoms with E-state index in [9.17, 15) is 0 Å². The van der Waals surface area contributed by atoms with Crippen LogP contribution in [0.2, 0.25) is 0 Å². The molecule has 78 valence electrons. The van der Waals surface area contributed by atoms with Gasteiger partial charge in [0.05, 0.1) is 6.10 Å². The maximum absolute atomic E-state index is 5.65. The Balaban J connectivity index is 1.90. The number of rotatable bonds is 2. The minimum Gasteiger partial charge on any atom is -0.376 e. The van der Waals surface area contributed by atoms with E-state index in [1.54, 1.807) is 0 Å². The van der Waals surface area contributed by atoms with E-state index in [-0.39, 0.29) is 0 Å². The molecule has 2 nitrogen and oxygen atoms in total. The normalized spacial score (nSPS) is 21.2. The van der Waals surface area contributed by atoms with Crippen LogP contribution in [0.5, 0.6) is 0 Å². The number of nitrogens with zero attached hydrogens (tertiary/aromatic N) is 1. The highest BCUT2D eigenvalue weighted by Crippen LogP contribution is 2.19. The van der Waals surface area contributed by atoms with Crippen LogP contribution < -0.4 is 0 Å². The van der Waals surface area contributed by atoms with Gasteiger partial charge in [0.2, 0.25) is 0 Å². The first kappa shape index (κ1) is 8.98. The fraction of sp³-hybridized carbons (Fsp3) is 0.385. The Hall–Kier alpha value is -1.28. The average molecular weight is 201 g/mol. The predicted octanol–water partition coefficient (Wildman–Crippen LogP) is 2.82. The molecule has 1 aliphatic heterocycles. The van der Waals surface area contributed by atoms with Crippen LogP contribution in [-0.4, -0.2) is 17.3 Å². The van der Waals surface area contributed by atoms with Crippen molar-refractivity contribution in [3.05, 3.63) is 36.5 Å². The van der Waals surface area contributed by atoms with Gasteiger partial charge in [-0.3, -0.25) is 0 Å². The van der Waals surface area contributed by atoms with Gasteiger partial charge in [-0.2, -0.15) is 0 Å². The molecule has 0 N–H and O–H groups in total. The average Bonchev–Trinajstić information content (AvgIpc) is 2.89. The summed E-state index contributed by atoms with van der Waals surface area (Å²) < 4.78 is 7.95. The van der Waals surface area contributed by atoms with Crippen molar-refractivity contribution in [1.29, 1.82) is 0 Å². The first-order valence-electron chi connectivity index (χ1n) is 5.59. The van der Waals surface area contributed by atoms with E-state index in [1.165, 1.54) is 23.7 Å². The van der Waals surface area contributed by atoms with Crippen LogP contribution in [0.4, 0.5) is 0 Å². The van der Waals surface area contributed by atoms with Crippen molar-refractivity contribution in [2.75, 3.05) is 6.61 Å². The van der Waals surface area contributed by atoms with Gasteiger partial charge in [0.1, 0.15) is 0 Å². The summed E-state index contributed by atoms with van der Waals surface area (Å²) in [5.74, 6) is 0. The second-order valence-electron chi connectivity index (χ2n) is 4.16. The molecule has 1 aromatic heterocycles. The largest absolute Gasteiger partial charge is 0.376 e. The lowest BCUT2D eigenvalue weighted by molar-refractivity contribution is 0.0980. The SMILES string of the molecule is c1ccc2c(c1)ccn2C[C@@H]1CCCO1. The van der Waals surface area contributed by atoms with Crippen LogP contribution >= 0.6 is 0 Å². The van der Waals surface area contributed by atoms with Gasteiger partial charge < -0.3 is 9.30 Å². The Morgan fingerprint density at radius 2 is 2.20 bits per heavy atom. The number of benzene rings is 1. The fourth-order valence-electron chi connectivity index (χ4n) is 2.31. The van der Waals surface area contributed by atoms with Gasteiger partial charge in [-0.15, -0.1) is 0 Å². The lowest BCUT2D eigenvalue weighted by atomic mass is 10.2. The molecule has 1 atom stereocenters. The third kappa shape index (κ3) is 1.65. The van der Waals surface area contributed by atoms with Crippen LogP contribution in [0.15, 0.2) is 36.5 Å². The van der Waals surface area contributed by atoms with Crippen molar-refractivity contribution in [2.45, 2.75) is 25.5 Å². The molecule has 1 saturated heterocycles. The molecule has 2 heterocycles. The number of aromatic nitrogens is 1. The van der Waals surface area contributed by atoms with Crippen LogP contribution in [0, 0.1) is 0 Å². The molecule has 1 aromatic carbocycles. The van der Waals surface area contributed by atoms with E-state index in [1.807, 2.05) is 0 Å². The third-order valence-electron chi connectivity index (χ3n) is 3.10. The zero-order valence-electron chi connectivity index (χ0n) is 8.73. The Morgan fingerprint density at radius 3 is 3.07 bits per heavy atom. The van der Waals surface area contributed by atoms with Gasteiger partial charge in [-0.25, -0.2) is 0 Å². The number of fused-ring (bicyclic) bond motifs is 1. The van der Waals surface area contributed by atoms with Gasteiger partial charge in [0.25, 0.3) is 0 Å². The lowest BCUT2D eigenvalue weighted by Gasteiger charge is -2.11. The highest BCUT2D eigenvalue weighted by atomic mass is 16.5. The van der Waals surface area contributed by atoms with E-state index in [0.29, 0.717) is 6.10 Å². The van der Waals surface area contributed by atoms with E-state index in [0.717, 1.165) is 13.2 Å². The molecular weight excluding hydrogens is 186 g/mol. The summed E-state index contributed by atoms with van der Waals surface area (Å²) in [4.78, 5) is 0. The highest BCUT2D eigenvalue weighted by Gasteiger charge is 2.16. The monoisotopic (exact) mass is 201 g/mol. The quantitative estimate of drug-likeness (QED) is 0.728. The summed E-state index contributed by atoms with van der Waals surface area (Å²) in [6.07, 6.45) is 4.99. The van der Waals surface area contributed by atoms with E-state index >= 15 is 0 Å². The first-order chi connectivity index (χ1) is 7.43. The number of ether oxygens (including phenoxy) is 1. The molecule has 1 aliphatic rings. The van der Waals surface area contributed by atoms with Crippen molar-refractivity contribution < 1.29 is 4.74 Å². The third-order valence-corrected chi connectivity index (χ3v) is 3.10. The molecule has 0 spiro atoms. The maximum Gasteiger partial charge on any atom is 0.0754 e. The Bertz CT molecular complexity index is 454. The molecule has 2 heteroatoms. The van der Waals surface area contributed by atoms with Crippen molar-refractivity contribution in [1.82, 2.24) is 4.57 Å². The maximum atomic E-state index is 5.65. The van der Waals surface area contributed by atoms with Crippen LogP contribution in [-0.2, 0) is 11.3 Å². The van der Waals surface area contributed by atoms with E-state index in [2.05, 4.69) is 41.1 Å². The zero-order valence-corrected chi connectivity index (χ0v) is 8.73.